The number of carbonyl (C=O) groups is 1. The summed E-state index contributed by atoms with van der Waals surface area (Å²) < 4.78 is 1.89. The number of carboxylic acids is 1. The van der Waals surface area contributed by atoms with Crippen LogP contribution in [0.2, 0.25) is 0 Å². The van der Waals surface area contributed by atoms with Crippen LogP contribution >= 0.6 is 0 Å². The first-order valence-electron chi connectivity index (χ1n) is 7.19. The van der Waals surface area contributed by atoms with Crippen molar-refractivity contribution in [3.05, 3.63) is 47.7 Å². The summed E-state index contributed by atoms with van der Waals surface area (Å²) in [5, 5.41) is 9.25. The van der Waals surface area contributed by atoms with Gasteiger partial charge in [0, 0.05) is 12.2 Å². The number of nitrogens with zero attached hydrogens (tertiary/aromatic N) is 1. The van der Waals surface area contributed by atoms with Crippen LogP contribution in [0.1, 0.15) is 42.7 Å². The predicted octanol–water partition coefficient (Wildman–Crippen LogP) is 4.22. The molecule has 1 aromatic carbocycles. The molecule has 3 nitrogen and oxygen atoms in total. The zero-order valence-electron chi connectivity index (χ0n) is 12.1. The van der Waals surface area contributed by atoms with Gasteiger partial charge in [0.05, 0.1) is 0 Å². The van der Waals surface area contributed by atoms with Crippen molar-refractivity contribution in [2.45, 2.75) is 39.7 Å². The van der Waals surface area contributed by atoms with Crippen molar-refractivity contribution < 1.29 is 9.90 Å². The predicted molar refractivity (Wildman–Crippen MR) is 81.1 cm³/mol. The molecule has 1 heterocycles. The molecule has 1 aromatic heterocycles. The third kappa shape index (κ3) is 2.93. The standard InChI is InChI=1S/C17H21NO2/c1-3-5-13-6-8-14(9-7-13)15-10-11-16(17(19)20)18(15)12-4-2/h6-11H,3-5,12H2,1-2H3,(H,19,20). The highest BCUT2D eigenvalue weighted by molar-refractivity contribution is 5.87. The van der Waals surface area contributed by atoms with Gasteiger partial charge in [-0.15, -0.1) is 0 Å². The van der Waals surface area contributed by atoms with Gasteiger partial charge >= 0.3 is 5.97 Å². The molecule has 0 aliphatic heterocycles. The first-order chi connectivity index (χ1) is 9.67. The number of hydrogen-bond donors (Lipinski definition) is 1. The molecule has 2 rings (SSSR count). The van der Waals surface area contributed by atoms with E-state index >= 15 is 0 Å². The molecule has 20 heavy (non-hydrogen) atoms. The van der Waals surface area contributed by atoms with Crippen molar-refractivity contribution >= 4 is 5.97 Å². The first kappa shape index (κ1) is 14.4. The summed E-state index contributed by atoms with van der Waals surface area (Å²) in [6, 6.07) is 12.0. The van der Waals surface area contributed by atoms with Crippen LogP contribution in [0.5, 0.6) is 0 Å². The Hall–Kier alpha value is -2.03. The quantitative estimate of drug-likeness (QED) is 0.855. The Balaban J connectivity index is 2.38. The van der Waals surface area contributed by atoms with E-state index in [4.69, 9.17) is 0 Å². The van der Waals surface area contributed by atoms with E-state index in [1.54, 1.807) is 6.07 Å². The minimum Gasteiger partial charge on any atom is -0.477 e. The molecule has 0 saturated heterocycles. The molecule has 0 unspecified atom stereocenters. The highest BCUT2D eigenvalue weighted by Crippen LogP contribution is 2.24. The minimum atomic E-state index is -0.868. The first-order valence-corrected chi connectivity index (χ1v) is 7.19. The summed E-state index contributed by atoms with van der Waals surface area (Å²) in [6.07, 6.45) is 3.13. The van der Waals surface area contributed by atoms with Gasteiger partial charge in [0.2, 0.25) is 0 Å². The fourth-order valence-corrected chi connectivity index (χ4v) is 2.50. The molecule has 0 aliphatic rings. The molecular formula is C17H21NO2. The Morgan fingerprint density at radius 2 is 1.75 bits per heavy atom. The Bertz CT molecular complexity index is 582. The maximum Gasteiger partial charge on any atom is 0.352 e. The van der Waals surface area contributed by atoms with Crippen molar-refractivity contribution in [3.63, 3.8) is 0 Å². The van der Waals surface area contributed by atoms with Crippen LogP contribution < -0.4 is 0 Å². The molecule has 0 spiro atoms. The summed E-state index contributed by atoms with van der Waals surface area (Å²) >= 11 is 0. The number of rotatable bonds is 6. The molecule has 0 saturated carbocycles. The lowest BCUT2D eigenvalue weighted by Gasteiger charge is -2.11. The molecule has 0 amide bonds. The van der Waals surface area contributed by atoms with E-state index in [1.165, 1.54) is 5.56 Å². The number of carboxylic acid groups (broad SMARTS) is 1. The number of aryl methyl sites for hydroxylation is 1. The van der Waals surface area contributed by atoms with Crippen molar-refractivity contribution in [1.29, 1.82) is 0 Å². The fraction of sp³-hybridized carbons (Fsp3) is 0.353. The van der Waals surface area contributed by atoms with Gasteiger partial charge < -0.3 is 9.67 Å². The van der Waals surface area contributed by atoms with Crippen LogP contribution in [0, 0.1) is 0 Å². The van der Waals surface area contributed by atoms with E-state index in [-0.39, 0.29) is 0 Å². The topological polar surface area (TPSA) is 42.2 Å². The second-order valence-corrected chi connectivity index (χ2v) is 5.01. The van der Waals surface area contributed by atoms with E-state index in [1.807, 2.05) is 10.6 Å². The summed E-state index contributed by atoms with van der Waals surface area (Å²) in [4.78, 5) is 11.3. The molecule has 0 radical (unpaired) electrons. The number of benzene rings is 1. The van der Waals surface area contributed by atoms with Crippen LogP contribution in [-0.4, -0.2) is 15.6 Å². The van der Waals surface area contributed by atoms with Gasteiger partial charge in [0.15, 0.2) is 0 Å². The Labute approximate surface area is 119 Å². The van der Waals surface area contributed by atoms with E-state index in [0.29, 0.717) is 5.69 Å². The summed E-state index contributed by atoms with van der Waals surface area (Å²) in [5.41, 5.74) is 3.74. The van der Waals surface area contributed by atoms with Crippen LogP contribution in [0.4, 0.5) is 0 Å². The Morgan fingerprint density at radius 3 is 2.30 bits per heavy atom. The van der Waals surface area contributed by atoms with Crippen molar-refractivity contribution in [1.82, 2.24) is 4.57 Å². The van der Waals surface area contributed by atoms with E-state index < -0.39 is 5.97 Å². The molecule has 106 valence electrons. The van der Waals surface area contributed by atoms with Crippen LogP contribution in [0.3, 0.4) is 0 Å². The maximum absolute atomic E-state index is 11.3. The summed E-state index contributed by atoms with van der Waals surface area (Å²) in [6.45, 7) is 4.94. The molecule has 0 bridgehead atoms. The van der Waals surface area contributed by atoms with Crippen molar-refractivity contribution in [2.75, 3.05) is 0 Å². The van der Waals surface area contributed by atoms with Gasteiger partial charge in [0.25, 0.3) is 0 Å². The fourth-order valence-electron chi connectivity index (χ4n) is 2.50. The van der Waals surface area contributed by atoms with Gasteiger partial charge in [-0.2, -0.15) is 0 Å². The van der Waals surface area contributed by atoms with E-state index in [2.05, 4.69) is 38.1 Å². The average Bonchev–Trinajstić information content (AvgIpc) is 2.84. The van der Waals surface area contributed by atoms with Gasteiger partial charge in [-0.3, -0.25) is 0 Å². The second-order valence-electron chi connectivity index (χ2n) is 5.01. The lowest BCUT2D eigenvalue weighted by atomic mass is 10.1. The van der Waals surface area contributed by atoms with Crippen LogP contribution in [-0.2, 0) is 13.0 Å². The number of hydrogen-bond acceptors (Lipinski definition) is 1. The molecule has 1 N–H and O–H groups in total. The average molecular weight is 271 g/mol. The largest absolute Gasteiger partial charge is 0.477 e. The van der Waals surface area contributed by atoms with E-state index in [9.17, 15) is 9.90 Å². The number of aromatic carboxylic acids is 1. The third-order valence-corrected chi connectivity index (χ3v) is 3.44. The van der Waals surface area contributed by atoms with Gasteiger partial charge in [-0.25, -0.2) is 4.79 Å². The van der Waals surface area contributed by atoms with Crippen LogP contribution in [0.25, 0.3) is 11.3 Å². The highest BCUT2D eigenvalue weighted by Gasteiger charge is 2.14. The summed E-state index contributed by atoms with van der Waals surface area (Å²) in [7, 11) is 0. The Kier molecular flexibility index (Phi) is 4.61. The zero-order valence-corrected chi connectivity index (χ0v) is 12.1. The van der Waals surface area contributed by atoms with E-state index in [0.717, 1.165) is 37.1 Å². The lowest BCUT2D eigenvalue weighted by Crippen LogP contribution is -2.09. The molecule has 0 fully saturated rings. The summed E-state index contributed by atoms with van der Waals surface area (Å²) in [5.74, 6) is -0.868. The highest BCUT2D eigenvalue weighted by atomic mass is 16.4. The Morgan fingerprint density at radius 1 is 1.05 bits per heavy atom. The van der Waals surface area contributed by atoms with Crippen LogP contribution in [0.15, 0.2) is 36.4 Å². The minimum absolute atomic E-state index is 0.361. The van der Waals surface area contributed by atoms with Crippen molar-refractivity contribution in [2.24, 2.45) is 0 Å². The van der Waals surface area contributed by atoms with Gasteiger partial charge in [-0.1, -0.05) is 44.5 Å². The maximum atomic E-state index is 11.3. The molecule has 0 aliphatic carbocycles. The van der Waals surface area contributed by atoms with Gasteiger partial charge in [0.1, 0.15) is 5.69 Å². The molecule has 0 atom stereocenters. The number of aromatic nitrogens is 1. The molecule has 3 heteroatoms. The third-order valence-electron chi connectivity index (χ3n) is 3.44. The molecular weight excluding hydrogens is 250 g/mol. The second kappa shape index (κ2) is 6.42. The smallest absolute Gasteiger partial charge is 0.352 e. The van der Waals surface area contributed by atoms with Crippen molar-refractivity contribution in [3.8, 4) is 11.3 Å². The monoisotopic (exact) mass is 271 g/mol. The lowest BCUT2D eigenvalue weighted by molar-refractivity contribution is 0.0685. The molecule has 2 aromatic rings. The SMILES string of the molecule is CCCc1ccc(-c2ccc(C(=O)O)n2CCC)cc1. The van der Waals surface area contributed by atoms with Gasteiger partial charge in [-0.05, 0) is 36.1 Å². The normalized spacial score (nSPS) is 10.7. The zero-order chi connectivity index (χ0) is 14.5.